The lowest BCUT2D eigenvalue weighted by Crippen LogP contribution is -2.56. The number of hydrogen-bond acceptors (Lipinski definition) is 30. The Balaban J connectivity index is 0.913. The van der Waals surface area contributed by atoms with E-state index in [1.165, 1.54) is 43.3 Å². The van der Waals surface area contributed by atoms with Crippen LogP contribution in [0.5, 0.6) is 11.5 Å². The van der Waals surface area contributed by atoms with Gasteiger partial charge in [-0.3, -0.25) is 99.1 Å². The molecule has 3 aromatic rings. The molecule has 143 heavy (non-hydrogen) atoms. The molecule has 2 aliphatic heterocycles. The standard InChI is InChI=1S/C94H140N24O24S/c1-47(2)76(65(123)38-54(20-13-34-112-92(106)137)83(133)113-56-27-25-51(26-28-56)45-140-93(138)116-61-40-71(141-50(5)77(61)127)142-66-43-94(139,68(124)44-119)42-58-73(66)81(131)75-74(79(58)129)78(128)57-21-9-16-49(4)72(57)80(75)130)117-69(125)24-7-6-8-35-118-70(126)41-67(86(118)136)143-46-55(82(95)132)39-64(122)60(23-15-33-111-91(104)105)115-85(135)53(19-12-31-109-89(100)101)37-63(121)59(22-14-32-110-90(102)103)114-84(134)52(18-11-30-108-88(98)99)36-62(120)48(3)17-10-29-107-87(96)97/h9,16,21,25-28,47-48,50,52-55,59-61,66-67,71,76-77,119,127,129,131,139H,6-8,10-15,17-20,22-24,29-46H2,1-5H3,(H2,95,132)(H,113,133)(H,114,134)(H,115,135)(H,116,138)(H,117,125)(H4,96,97,107)(H4,98,99,108)(H4,100,101,109)(H4,102,103,110)(H4,104,105,111)(H3,106,112,137)/t48-,50+,52+,53+,54-,55-,59-,60-,61?,66?,67?,71+,76+,77-,94+/m1/s1. The van der Waals surface area contributed by atoms with E-state index in [2.05, 4.69) is 58.5 Å². The first kappa shape index (κ1) is 116. The van der Waals surface area contributed by atoms with Crippen LogP contribution in [0.25, 0.3) is 0 Å². The number of unbranched alkanes of at least 4 members (excludes halogenated alkanes) is 2. The predicted molar refractivity (Wildman–Crippen MR) is 524 cm³/mol. The van der Waals surface area contributed by atoms with Gasteiger partial charge in [0.05, 0.1) is 58.7 Å². The maximum absolute atomic E-state index is 14.7. The second kappa shape index (κ2) is 56.4. The van der Waals surface area contributed by atoms with E-state index in [1.54, 1.807) is 33.8 Å². The highest BCUT2D eigenvalue weighted by Crippen LogP contribution is 2.53. The molecular formula is C94H140N24O24S. The van der Waals surface area contributed by atoms with E-state index in [0.29, 0.717) is 36.9 Å². The Hall–Kier alpha value is -13.5. The van der Waals surface area contributed by atoms with E-state index in [-0.39, 0.29) is 218 Å². The second-order valence-corrected chi connectivity index (χ2v) is 38.1. The summed E-state index contributed by atoms with van der Waals surface area (Å²) >= 11 is 0.928. The largest absolute Gasteiger partial charge is 0.507 e. The number of primary amides is 2. The number of anilines is 1. The molecule has 0 bridgehead atoms. The minimum Gasteiger partial charge on any atom is -0.507 e. The van der Waals surface area contributed by atoms with Crippen LogP contribution in [-0.4, -0.2) is 266 Å². The number of aromatic hydroxyl groups is 2. The number of phenols is 2. The van der Waals surface area contributed by atoms with Gasteiger partial charge in [0.2, 0.25) is 41.4 Å². The van der Waals surface area contributed by atoms with Crippen LogP contribution in [0.1, 0.15) is 236 Å². The lowest BCUT2D eigenvalue weighted by molar-refractivity contribution is -0.249. The number of carbonyl (C=O) groups is 16. The number of fused-ring (bicyclic) bond motifs is 3. The number of benzene rings is 3. The fourth-order valence-corrected chi connectivity index (χ4v) is 18.9. The van der Waals surface area contributed by atoms with Crippen LogP contribution < -0.4 is 98.6 Å². The predicted octanol–water partition coefficient (Wildman–Crippen LogP) is -0.0733. The van der Waals surface area contributed by atoms with Crippen LogP contribution in [0.15, 0.2) is 42.5 Å². The van der Waals surface area contributed by atoms with Gasteiger partial charge in [0.15, 0.2) is 70.8 Å². The van der Waals surface area contributed by atoms with Crippen molar-refractivity contribution in [3.63, 3.8) is 0 Å². The van der Waals surface area contributed by atoms with Crippen molar-refractivity contribution in [3.05, 3.63) is 87.0 Å². The van der Waals surface area contributed by atoms with E-state index in [1.807, 2.05) is 0 Å². The quantitative estimate of drug-likeness (QED) is 0.00904. The molecule has 0 aromatic heterocycles. The number of rotatable bonds is 61. The molecule has 15 atom stereocenters. The summed E-state index contributed by atoms with van der Waals surface area (Å²) in [6.07, 6.45) is -7.48. The van der Waals surface area contributed by atoms with Gasteiger partial charge in [0.25, 0.3) is 0 Å². The number of nitrogens with two attached hydrogens (primary N) is 7. The number of hydrogen-bond donors (Lipinski definition) is 28. The summed E-state index contributed by atoms with van der Waals surface area (Å²) in [7, 11) is 0. The smallest absolute Gasteiger partial charge is 0.407 e. The minimum atomic E-state index is -2.44. The lowest BCUT2D eigenvalue weighted by Gasteiger charge is -2.42. The van der Waals surface area contributed by atoms with E-state index < -0.39 is 244 Å². The SMILES string of the molecule is Cc1cccc2c1C(=O)c1c(O)c3c(c(O)c1C2=O)C[C@@](O)(C(=O)CO)CC3O[C@H]1CC(NC(=O)OCc2ccc(NC(=O)[C@H](CCCNC(N)=O)CC(=O)[C@@H](NC(=O)CCCCCN3C(=O)CC(SC[C@@H](CC(=O)[C@@H](CCCNC(=N)N)NC(=O)[C@@H](CCCNC(=N)N)CC(=O)[C@@H](CCCNC(=N)N)NC(=O)[C@@H](CCCNC(=N)N)CC(=O)[C@H](C)CCCNC(=N)N)C(N)=O)C3=O)C(C)C)cc2)[C@H](O)[C@H](C)O1. The van der Waals surface area contributed by atoms with E-state index in [9.17, 15) is 102 Å². The Labute approximate surface area is 831 Å². The minimum absolute atomic E-state index is 0.0119. The molecule has 2 heterocycles. The number of thioether (sulfide) groups is 1. The first-order valence-corrected chi connectivity index (χ1v) is 48.9. The normalized spacial score (nSPS) is 19.0. The summed E-state index contributed by atoms with van der Waals surface area (Å²) in [4.78, 5) is 222. The first-order chi connectivity index (χ1) is 67.6. The van der Waals surface area contributed by atoms with Crippen molar-refractivity contribution in [1.82, 2.24) is 58.1 Å². The van der Waals surface area contributed by atoms with Crippen LogP contribution in [0.3, 0.4) is 0 Å². The molecule has 0 saturated carbocycles. The average molecular weight is 2020 g/mol. The summed E-state index contributed by atoms with van der Waals surface area (Å²) in [6, 6.07) is 4.89. The van der Waals surface area contributed by atoms with Crippen molar-refractivity contribution < 1.29 is 116 Å². The number of likely N-dealkylation sites (tertiary alicyclic amines) is 1. The Bertz CT molecular complexity index is 5140. The number of phenolic OH excluding ortho intramolecular Hbond substituents is 2. The molecule has 35 N–H and O–H groups in total. The molecule has 49 heteroatoms. The van der Waals surface area contributed by atoms with Gasteiger partial charge in [-0.25, -0.2) is 9.59 Å². The zero-order chi connectivity index (χ0) is 106. The lowest BCUT2D eigenvalue weighted by atomic mass is 9.71. The third kappa shape index (κ3) is 35.5. The van der Waals surface area contributed by atoms with Gasteiger partial charge in [0, 0.05) is 161 Å². The third-order valence-electron chi connectivity index (χ3n) is 25.5. The van der Waals surface area contributed by atoms with Gasteiger partial charge in [-0.15, -0.1) is 11.8 Å². The van der Waals surface area contributed by atoms with Gasteiger partial charge in [-0.1, -0.05) is 57.5 Å². The molecule has 0 spiro atoms. The number of alkyl carbamates (subject to hydrolysis) is 1. The molecule has 7 rings (SSSR count). The fraction of sp³-hybridized carbons (Fsp3) is 0.585. The molecule has 2 saturated heterocycles. The number of amides is 10. The molecule has 3 unspecified atom stereocenters. The Morgan fingerprint density at radius 1 is 0.587 bits per heavy atom. The van der Waals surface area contributed by atoms with Gasteiger partial charge in [-0.05, 0) is 133 Å². The number of urea groups is 1. The summed E-state index contributed by atoms with van der Waals surface area (Å²) in [5.74, 6) is -18.2. The number of carbonyl (C=O) groups excluding carboxylic acids is 16. The van der Waals surface area contributed by atoms with Crippen molar-refractivity contribution in [2.45, 2.75) is 255 Å². The number of guanidine groups is 5. The number of nitrogens with one attached hydrogen (secondary N) is 16. The number of nitrogens with zero attached hydrogens (tertiary/aromatic N) is 1. The molecule has 3 aromatic carbocycles. The molecule has 0 radical (unpaired) electrons. The summed E-state index contributed by atoms with van der Waals surface area (Å²) in [6.45, 7) is 7.40. The van der Waals surface area contributed by atoms with E-state index in [4.69, 9.17) is 81.4 Å². The first-order valence-electron chi connectivity index (χ1n) is 47.8. The van der Waals surface area contributed by atoms with E-state index >= 15 is 0 Å². The number of aryl methyl sites for hydroxylation is 1. The van der Waals surface area contributed by atoms with Gasteiger partial charge in [-0.2, -0.15) is 0 Å². The topological polar surface area (TPSA) is 839 Å². The van der Waals surface area contributed by atoms with Crippen molar-refractivity contribution >= 4 is 141 Å². The molecular weight excluding hydrogens is 1880 g/mol. The zero-order valence-electron chi connectivity index (χ0n) is 81.1. The highest BCUT2D eigenvalue weighted by Gasteiger charge is 2.51. The average Bonchev–Trinajstić information content (AvgIpc) is 1.19. The number of aliphatic hydroxyl groups is 3. The molecule has 2 aliphatic carbocycles. The van der Waals surface area contributed by atoms with Crippen LogP contribution in [0, 0.1) is 69.5 Å². The fourth-order valence-electron chi connectivity index (χ4n) is 17.6. The zero-order valence-corrected chi connectivity index (χ0v) is 81.9. The maximum atomic E-state index is 14.7. The van der Waals surface area contributed by atoms with Crippen LogP contribution in [-0.2, 0) is 84.8 Å². The Kier molecular flexibility index (Phi) is 45.9. The Morgan fingerprint density at radius 2 is 1.09 bits per heavy atom. The van der Waals surface area contributed by atoms with Crippen molar-refractivity contribution in [1.29, 1.82) is 27.0 Å². The number of ether oxygens (including phenoxy) is 3. The highest BCUT2D eigenvalue weighted by atomic mass is 32.2. The van der Waals surface area contributed by atoms with E-state index in [0.717, 1.165) is 16.7 Å². The highest BCUT2D eigenvalue weighted by molar-refractivity contribution is 8.00. The molecule has 4 aliphatic rings. The monoisotopic (exact) mass is 2020 g/mol. The molecule has 2 fully saturated rings. The second-order valence-electron chi connectivity index (χ2n) is 36.9. The summed E-state index contributed by atoms with van der Waals surface area (Å²) in [5, 5.41) is 123. The van der Waals surface area contributed by atoms with Crippen molar-refractivity contribution in [2.24, 2.45) is 75.6 Å². The van der Waals surface area contributed by atoms with Gasteiger partial charge in [0.1, 0.15) is 42.2 Å². The number of ketones is 7. The number of Topliss-reactive ketones (excluding diaryl/α,β-unsaturated/α-hetero) is 5. The maximum Gasteiger partial charge on any atom is 0.407 e. The van der Waals surface area contributed by atoms with Gasteiger partial charge < -0.3 is 138 Å². The number of aliphatic hydroxyl groups excluding tert-OH is 2. The Morgan fingerprint density at radius 3 is 1.62 bits per heavy atom. The van der Waals surface area contributed by atoms with Crippen LogP contribution in [0.2, 0.25) is 0 Å². The molecule has 48 nitrogen and oxygen atoms in total. The van der Waals surface area contributed by atoms with Gasteiger partial charge >= 0.3 is 12.1 Å². The third-order valence-corrected chi connectivity index (χ3v) is 26.8. The molecule has 10 amide bonds. The van der Waals surface area contributed by atoms with Crippen molar-refractivity contribution in [2.75, 3.05) is 63.5 Å². The summed E-state index contributed by atoms with van der Waals surface area (Å²) in [5.41, 5.74) is 35.7. The van der Waals surface area contributed by atoms with Crippen molar-refractivity contribution in [3.8, 4) is 11.5 Å². The van der Waals surface area contributed by atoms with Crippen LogP contribution >= 0.6 is 11.8 Å². The summed E-state index contributed by atoms with van der Waals surface area (Å²) < 4.78 is 17.8. The van der Waals surface area contributed by atoms with Crippen LogP contribution in [0.4, 0.5) is 15.3 Å². The number of imide groups is 1. The molecule has 786 valence electrons.